The van der Waals surface area contributed by atoms with Crippen molar-refractivity contribution >= 4 is 5.78 Å². The van der Waals surface area contributed by atoms with Crippen molar-refractivity contribution in [2.45, 2.75) is 64.7 Å². The van der Waals surface area contributed by atoms with Gasteiger partial charge in [-0.15, -0.1) is 0 Å². The molecule has 0 amide bonds. The van der Waals surface area contributed by atoms with Crippen molar-refractivity contribution in [2.24, 2.45) is 23.0 Å². The monoisotopic (exact) mass is 237 g/mol. The van der Waals surface area contributed by atoms with Gasteiger partial charge in [-0.05, 0) is 31.6 Å². The fourth-order valence-corrected chi connectivity index (χ4v) is 4.04. The van der Waals surface area contributed by atoms with Crippen LogP contribution in [0.25, 0.3) is 0 Å². The molecule has 2 rings (SSSR count). The molecule has 0 saturated heterocycles. The Morgan fingerprint density at radius 1 is 1.18 bits per heavy atom. The lowest BCUT2D eigenvalue weighted by atomic mass is 9.67. The van der Waals surface area contributed by atoms with Crippen LogP contribution >= 0.6 is 0 Å². The summed E-state index contributed by atoms with van der Waals surface area (Å²) < 4.78 is 0. The molecule has 0 spiro atoms. The highest BCUT2D eigenvalue weighted by molar-refractivity contribution is 5.88. The first-order chi connectivity index (χ1) is 8.23. The van der Waals surface area contributed by atoms with Crippen LogP contribution in [0.5, 0.6) is 0 Å². The smallest absolute Gasteiger partial charge is 0.143 e. The first kappa shape index (κ1) is 13.1. The molecule has 0 aromatic carbocycles. The Morgan fingerprint density at radius 2 is 1.82 bits per heavy atom. The van der Waals surface area contributed by atoms with Crippen molar-refractivity contribution in [3.63, 3.8) is 0 Å². The van der Waals surface area contributed by atoms with Gasteiger partial charge < -0.3 is 5.73 Å². The van der Waals surface area contributed by atoms with Gasteiger partial charge in [0.25, 0.3) is 0 Å². The summed E-state index contributed by atoms with van der Waals surface area (Å²) in [7, 11) is 0. The number of ketones is 1. The van der Waals surface area contributed by atoms with Crippen LogP contribution in [0.15, 0.2) is 0 Å². The SMILES string of the molecule is CCC1CCCCC1C(=O)C1(CN)CCCC1. The van der Waals surface area contributed by atoms with E-state index in [1.54, 1.807) is 0 Å². The van der Waals surface area contributed by atoms with Crippen molar-refractivity contribution in [3.05, 3.63) is 0 Å². The summed E-state index contributed by atoms with van der Waals surface area (Å²) in [5.74, 6) is 1.50. The fraction of sp³-hybridized carbons (Fsp3) is 0.933. The summed E-state index contributed by atoms with van der Waals surface area (Å²) in [6.45, 7) is 2.82. The van der Waals surface area contributed by atoms with Gasteiger partial charge in [-0.2, -0.15) is 0 Å². The maximum atomic E-state index is 12.8. The van der Waals surface area contributed by atoms with E-state index in [0.717, 1.165) is 25.7 Å². The van der Waals surface area contributed by atoms with Crippen molar-refractivity contribution in [1.82, 2.24) is 0 Å². The van der Waals surface area contributed by atoms with Gasteiger partial charge in [0, 0.05) is 17.9 Å². The van der Waals surface area contributed by atoms with E-state index in [1.165, 1.54) is 32.1 Å². The predicted octanol–water partition coefficient (Wildman–Crippen LogP) is 3.29. The largest absolute Gasteiger partial charge is 0.329 e. The Morgan fingerprint density at radius 3 is 2.41 bits per heavy atom. The molecular formula is C15H27NO. The Kier molecular flexibility index (Phi) is 4.24. The molecule has 0 bridgehead atoms. The van der Waals surface area contributed by atoms with Gasteiger partial charge in [0.1, 0.15) is 5.78 Å². The lowest BCUT2D eigenvalue weighted by molar-refractivity contribution is -0.135. The maximum absolute atomic E-state index is 12.8. The molecule has 2 nitrogen and oxygen atoms in total. The quantitative estimate of drug-likeness (QED) is 0.815. The third kappa shape index (κ3) is 2.42. The fourth-order valence-electron chi connectivity index (χ4n) is 4.04. The number of hydrogen-bond acceptors (Lipinski definition) is 2. The number of carbonyl (C=O) groups is 1. The molecule has 0 aromatic heterocycles. The molecule has 98 valence electrons. The van der Waals surface area contributed by atoms with E-state index in [0.29, 0.717) is 24.2 Å². The summed E-state index contributed by atoms with van der Waals surface area (Å²) in [6.07, 6.45) is 10.6. The van der Waals surface area contributed by atoms with Crippen molar-refractivity contribution in [3.8, 4) is 0 Å². The second-order valence-electron chi connectivity index (χ2n) is 6.12. The molecule has 0 aliphatic heterocycles. The molecule has 2 saturated carbocycles. The third-order valence-electron chi connectivity index (χ3n) is 5.24. The molecule has 0 heterocycles. The van der Waals surface area contributed by atoms with Gasteiger partial charge >= 0.3 is 0 Å². The highest BCUT2D eigenvalue weighted by Crippen LogP contribution is 2.44. The molecule has 0 aromatic rings. The lowest BCUT2D eigenvalue weighted by Gasteiger charge is -2.36. The zero-order chi connectivity index (χ0) is 12.3. The topological polar surface area (TPSA) is 43.1 Å². The highest BCUT2D eigenvalue weighted by Gasteiger charge is 2.44. The average Bonchev–Trinajstić information content (AvgIpc) is 2.88. The maximum Gasteiger partial charge on any atom is 0.143 e. The highest BCUT2D eigenvalue weighted by atomic mass is 16.1. The second kappa shape index (κ2) is 5.51. The molecule has 2 fully saturated rings. The predicted molar refractivity (Wildman–Crippen MR) is 70.7 cm³/mol. The normalized spacial score (nSPS) is 32.6. The third-order valence-corrected chi connectivity index (χ3v) is 5.24. The van der Waals surface area contributed by atoms with Crippen LogP contribution in [0.4, 0.5) is 0 Å². The van der Waals surface area contributed by atoms with Gasteiger partial charge in [0.15, 0.2) is 0 Å². The summed E-state index contributed by atoms with van der Waals surface area (Å²) in [6, 6.07) is 0. The van der Waals surface area contributed by atoms with Crippen molar-refractivity contribution in [1.29, 1.82) is 0 Å². The molecular weight excluding hydrogens is 210 g/mol. The first-order valence-electron chi connectivity index (χ1n) is 7.48. The zero-order valence-electron chi connectivity index (χ0n) is 11.2. The van der Waals surface area contributed by atoms with Crippen LogP contribution in [0.3, 0.4) is 0 Å². The van der Waals surface area contributed by atoms with Gasteiger partial charge in [0.2, 0.25) is 0 Å². The standard InChI is InChI=1S/C15H27NO/c1-2-12-7-3-4-8-13(12)14(17)15(11-16)9-5-6-10-15/h12-13H,2-11,16H2,1H3. The first-order valence-corrected chi connectivity index (χ1v) is 7.48. The van der Waals surface area contributed by atoms with E-state index >= 15 is 0 Å². The van der Waals surface area contributed by atoms with E-state index in [1.807, 2.05) is 0 Å². The summed E-state index contributed by atoms with van der Waals surface area (Å²) in [4.78, 5) is 12.8. The van der Waals surface area contributed by atoms with Crippen LogP contribution in [0.1, 0.15) is 64.7 Å². The molecule has 2 N–H and O–H groups in total. The molecule has 2 aliphatic carbocycles. The van der Waals surface area contributed by atoms with Crippen LogP contribution < -0.4 is 5.73 Å². The van der Waals surface area contributed by atoms with Gasteiger partial charge in [0.05, 0.1) is 0 Å². The van der Waals surface area contributed by atoms with Crippen LogP contribution in [-0.4, -0.2) is 12.3 Å². The minimum atomic E-state index is -0.130. The van der Waals surface area contributed by atoms with E-state index in [-0.39, 0.29) is 5.41 Å². The lowest BCUT2D eigenvalue weighted by Crippen LogP contribution is -2.43. The number of carbonyl (C=O) groups excluding carboxylic acids is 1. The minimum Gasteiger partial charge on any atom is -0.329 e. The zero-order valence-corrected chi connectivity index (χ0v) is 11.2. The molecule has 2 atom stereocenters. The Balaban J connectivity index is 2.11. The van der Waals surface area contributed by atoms with Crippen LogP contribution in [-0.2, 0) is 4.79 Å². The van der Waals surface area contributed by atoms with Crippen LogP contribution in [0, 0.1) is 17.3 Å². The molecule has 2 heteroatoms. The molecule has 2 aliphatic rings. The van der Waals surface area contributed by atoms with E-state index in [9.17, 15) is 4.79 Å². The van der Waals surface area contributed by atoms with E-state index < -0.39 is 0 Å². The number of nitrogens with two attached hydrogens (primary N) is 1. The average molecular weight is 237 g/mol. The minimum absolute atomic E-state index is 0.130. The van der Waals surface area contributed by atoms with Crippen molar-refractivity contribution < 1.29 is 4.79 Å². The van der Waals surface area contributed by atoms with Crippen molar-refractivity contribution in [2.75, 3.05) is 6.54 Å². The second-order valence-corrected chi connectivity index (χ2v) is 6.12. The summed E-state index contributed by atoms with van der Waals surface area (Å²) in [5.41, 5.74) is 5.81. The Labute approximate surface area is 105 Å². The van der Waals surface area contributed by atoms with E-state index in [2.05, 4.69) is 6.92 Å². The van der Waals surface area contributed by atoms with Crippen LogP contribution in [0.2, 0.25) is 0 Å². The number of Topliss-reactive ketones (excluding diaryl/α,β-unsaturated/α-hetero) is 1. The Hall–Kier alpha value is -0.370. The summed E-state index contributed by atoms with van der Waals surface area (Å²) in [5, 5.41) is 0. The van der Waals surface area contributed by atoms with E-state index in [4.69, 9.17) is 5.73 Å². The Bertz CT molecular complexity index is 268. The van der Waals surface area contributed by atoms with Gasteiger partial charge in [-0.25, -0.2) is 0 Å². The van der Waals surface area contributed by atoms with Gasteiger partial charge in [-0.1, -0.05) is 39.0 Å². The number of rotatable bonds is 4. The summed E-state index contributed by atoms with van der Waals surface area (Å²) >= 11 is 0. The molecule has 0 radical (unpaired) electrons. The molecule has 2 unspecified atom stereocenters. The number of hydrogen-bond donors (Lipinski definition) is 1. The van der Waals surface area contributed by atoms with Gasteiger partial charge in [-0.3, -0.25) is 4.79 Å². The molecule has 17 heavy (non-hydrogen) atoms.